The molecule has 0 aliphatic carbocycles. The average Bonchev–Trinajstić information content (AvgIpc) is 3.21. The molecule has 25 heavy (non-hydrogen) atoms. The summed E-state index contributed by atoms with van der Waals surface area (Å²) in [6.45, 7) is 0. The van der Waals surface area contributed by atoms with E-state index in [1.807, 2.05) is 34.9 Å². The topological polar surface area (TPSA) is 87.8 Å². The Labute approximate surface area is 141 Å². The summed E-state index contributed by atoms with van der Waals surface area (Å²) in [5.74, 6) is -1.34. The largest absolute Gasteiger partial charge is 0.477 e. The maximum absolute atomic E-state index is 12.3. The fourth-order valence-corrected chi connectivity index (χ4v) is 3.51. The lowest BCUT2D eigenvalue weighted by Crippen LogP contribution is -2.52. The first-order valence-corrected chi connectivity index (χ1v) is 7.85. The van der Waals surface area contributed by atoms with E-state index in [1.165, 1.54) is 4.90 Å². The molecular weight excluding hydrogens is 320 g/mol. The molecule has 1 amide bonds. The van der Waals surface area contributed by atoms with Crippen LogP contribution in [0, 0.1) is 0 Å². The maximum atomic E-state index is 12.3. The molecule has 1 atom stereocenters. The minimum Gasteiger partial charge on any atom is -0.477 e. The molecule has 1 unspecified atom stereocenters. The molecule has 1 N–H and O–H groups in total. The van der Waals surface area contributed by atoms with E-state index in [0.717, 1.165) is 11.0 Å². The predicted octanol–water partition coefficient (Wildman–Crippen LogP) is 1.85. The Morgan fingerprint density at radius 2 is 2.16 bits per heavy atom. The Hall–Kier alpha value is -3.48. The van der Waals surface area contributed by atoms with Crippen LogP contribution >= 0.6 is 0 Å². The van der Waals surface area contributed by atoms with Crippen LogP contribution in [0.2, 0.25) is 0 Å². The fraction of sp³-hybridized carbons (Fsp3) is 0.111. The van der Waals surface area contributed by atoms with Gasteiger partial charge in [0.05, 0.1) is 29.0 Å². The molecular formula is C18H12N4O3. The lowest BCUT2D eigenvalue weighted by molar-refractivity contribution is -0.142. The molecule has 1 aromatic carbocycles. The van der Waals surface area contributed by atoms with Crippen molar-refractivity contribution >= 4 is 34.6 Å². The molecule has 7 nitrogen and oxygen atoms in total. The third-order valence-electron chi connectivity index (χ3n) is 4.67. The number of benzene rings is 1. The van der Waals surface area contributed by atoms with E-state index in [1.54, 1.807) is 18.3 Å². The van der Waals surface area contributed by atoms with Crippen molar-refractivity contribution in [2.75, 3.05) is 0 Å². The second-order valence-electron chi connectivity index (χ2n) is 6.06. The number of aromatic nitrogens is 3. The molecule has 0 radical (unpaired) electrons. The molecule has 4 heterocycles. The highest BCUT2D eigenvalue weighted by molar-refractivity contribution is 6.11. The number of amides is 1. The van der Waals surface area contributed by atoms with E-state index in [9.17, 15) is 9.59 Å². The van der Waals surface area contributed by atoms with Crippen LogP contribution < -0.4 is 0 Å². The van der Waals surface area contributed by atoms with Gasteiger partial charge >= 0.3 is 5.97 Å². The third kappa shape index (κ3) is 1.86. The van der Waals surface area contributed by atoms with Gasteiger partial charge in [-0.2, -0.15) is 0 Å². The van der Waals surface area contributed by atoms with Crippen molar-refractivity contribution in [2.45, 2.75) is 12.5 Å². The number of imidazole rings is 1. The number of hydrogen-bond acceptors (Lipinski definition) is 4. The number of hydrogen-bond donors (Lipinski definition) is 1. The van der Waals surface area contributed by atoms with E-state index in [-0.39, 0.29) is 17.6 Å². The van der Waals surface area contributed by atoms with E-state index >= 15 is 0 Å². The minimum absolute atomic E-state index is 0.0670. The highest BCUT2D eigenvalue weighted by atomic mass is 16.4. The monoisotopic (exact) mass is 332 g/mol. The minimum atomic E-state index is -1.07. The first-order valence-electron chi connectivity index (χ1n) is 7.85. The van der Waals surface area contributed by atoms with Crippen molar-refractivity contribution in [1.29, 1.82) is 0 Å². The van der Waals surface area contributed by atoms with Gasteiger partial charge < -0.3 is 5.11 Å². The van der Waals surface area contributed by atoms with Gasteiger partial charge in [-0.3, -0.25) is 19.1 Å². The van der Waals surface area contributed by atoms with E-state index in [0.29, 0.717) is 23.3 Å². The summed E-state index contributed by atoms with van der Waals surface area (Å²) in [5.41, 5.74) is 3.82. The molecule has 0 bridgehead atoms. The van der Waals surface area contributed by atoms with Crippen LogP contribution in [0.3, 0.4) is 0 Å². The molecule has 5 rings (SSSR count). The van der Waals surface area contributed by atoms with Crippen LogP contribution in [0.25, 0.3) is 22.8 Å². The summed E-state index contributed by atoms with van der Waals surface area (Å²) in [6, 6.07) is 7.56. The van der Waals surface area contributed by atoms with Gasteiger partial charge in [-0.15, -0.1) is 0 Å². The number of β-lactam (4-membered cyclic amide) rings is 1. The van der Waals surface area contributed by atoms with Gasteiger partial charge in [0.25, 0.3) is 5.91 Å². The number of nitrogens with zero attached hydrogens (tertiary/aromatic N) is 4. The van der Waals surface area contributed by atoms with Crippen molar-refractivity contribution in [3.63, 3.8) is 0 Å². The third-order valence-corrected chi connectivity index (χ3v) is 4.67. The molecule has 122 valence electrons. The van der Waals surface area contributed by atoms with E-state index < -0.39 is 5.97 Å². The van der Waals surface area contributed by atoms with Gasteiger partial charge in [0.15, 0.2) is 5.65 Å². The van der Waals surface area contributed by atoms with Crippen LogP contribution in [0.5, 0.6) is 0 Å². The van der Waals surface area contributed by atoms with Crippen molar-refractivity contribution < 1.29 is 14.7 Å². The van der Waals surface area contributed by atoms with Crippen molar-refractivity contribution in [2.24, 2.45) is 0 Å². The lowest BCUT2D eigenvalue weighted by atomic mass is 9.94. The summed E-state index contributed by atoms with van der Waals surface area (Å²) < 4.78 is 1.94. The van der Waals surface area contributed by atoms with Gasteiger partial charge in [0.1, 0.15) is 5.70 Å². The number of para-hydroxylation sites is 2. The fourth-order valence-electron chi connectivity index (χ4n) is 3.51. The zero-order valence-corrected chi connectivity index (χ0v) is 13.0. The van der Waals surface area contributed by atoms with Crippen LogP contribution in [-0.4, -0.2) is 42.3 Å². The van der Waals surface area contributed by atoms with Crippen molar-refractivity contribution in [1.82, 2.24) is 19.3 Å². The van der Waals surface area contributed by atoms with Crippen LogP contribution in [0.15, 0.2) is 54.0 Å². The molecule has 3 aromatic rings. The first kappa shape index (κ1) is 13.9. The molecule has 7 heteroatoms. The maximum Gasteiger partial charge on any atom is 0.352 e. The van der Waals surface area contributed by atoms with Gasteiger partial charge in [-0.25, -0.2) is 9.78 Å². The quantitative estimate of drug-likeness (QED) is 0.571. The Kier molecular flexibility index (Phi) is 2.65. The summed E-state index contributed by atoms with van der Waals surface area (Å²) in [4.78, 5) is 33.7. The predicted molar refractivity (Wildman–Crippen MR) is 89.4 cm³/mol. The van der Waals surface area contributed by atoms with Gasteiger partial charge in [-0.1, -0.05) is 18.2 Å². The van der Waals surface area contributed by atoms with Crippen molar-refractivity contribution in [3.8, 4) is 0 Å². The highest BCUT2D eigenvalue weighted by Gasteiger charge is 2.48. The zero-order chi connectivity index (χ0) is 17.1. The summed E-state index contributed by atoms with van der Waals surface area (Å²) in [5, 5.41) is 9.12. The Morgan fingerprint density at radius 1 is 1.32 bits per heavy atom. The van der Waals surface area contributed by atoms with Gasteiger partial charge in [0.2, 0.25) is 0 Å². The number of carbonyl (C=O) groups excluding carboxylic acids is 1. The summed E-state index contributed by atoms with van der Waals surface area (Å²) in [6.07, 6.45) is 7.41. The number of carboxylic acids is 1. The zero-order valence-electron chi connectivity index (χ0n) is 13.0. The smallest absolute Gasteiger partial charge is 0.352 e. The summed E-state index contributed by atoms with van der Waals surface area (Å²) >= 11 is 0. The Balaban J connectivity index is 1.55. The van der Waals surface area contributed by atoms with Crippen LogP contribution in [-0.2, 0) is 9.59 Å². The van der Waals surface area contributed by atoms with Gasteiger partial charge in [-0.05, 0) is 24.6 Å². The molecule has 2 aromatic heterocycles. The van der Waals surface area contributed by atoms with Crippen LogP contribution in [0.4, 0.5) is 0 Å². The van der Waals surface area contributed by atoms with E-state index in [4.69, 9.17) is 5.11 Å². The number of rotatable bonds is 2. The molecule has 1 fully saturated rings. The molecule has 2 aliphatic heterocycles. The number of aliphatic carboxylic acids is 1. The number of carboxylic acid groups (broad SMARTS) is 1. The van der Waals surface area contributed by atoms with Crippen LogP contribution in [0.1, 0.15) is 12.1 Å². The molecule has 2 aliphatic rings. The lowest BCUT2D eigenvalue weighted by Gasteiger charge is -2.38. The highest BCUT2D eigenvalue weighted by Crippen LogP contribution is 2.38. The SMILES string of the molecule is O=C(O)C1=CCC2/C(=C\c3cn4c(cnc5ccccc54)n3)C(=O)N12. The Morgan fingerprint density at radius 3 is 3.00 bits per heavy atom. The molecule has 1 saturated heterocycles. The average molecular weight is 332 g/mol. The molecule has 0 spiro atoms. The van der Waals surface area contributed by atoms with Crippen molar-refractivity contribution in [3.05, 3.63) is 59.7 Å². The normalized spacial score (nSPS) is 20.9. The van der Waals surface area contributed by atoms with E-state index in [2.05, 4.69) is 9.97 Å². The second kappa shape index (κ2) is 4.76. The Bertz CT molecular complexity index is 1140. The standard InChI is InChI=1S/C18H12N4O3/c23-17-11(13-5-6-15(18(24)25)22(13)17)7-10-9-21-14-4-2-1-3-12(14)19-8-16(21)20-10/h1-4,6-9,13H,5H2,(H,24,25)/b11-7+. The second-order valence-corrected chi connectivity index (χ2v) is 6.06. The molecule has 0 saturated carbocycles. The number of fused-ring (bicyclic) bond motifs is 4. The summed E-state index contributed by atoms with van der Waals surface area (Å²) in [7, 11) is 0. The number of carbonyl (C=O) groups is 2. The van der Waals surface area contributed by atoms with Gasteiger partial charge in [0, 0.05) is 11.8 Å². The first-order chi connectivity index (χ1) is 12.1.